The first-order valence-corrected chi connectivity index (χ1v) is 8.75. The molecule has 1 heterocycles. The summed E-state index contributed by atoms with van der Waals surface area (Å²) in [7, 11) is 1.85. The van der Waals surface area contributed by atoms with Crippen molar-refractivity contribution in [3.05, 3.63) is 18.3 Å². The van der Waals surface area contributed by atoms with E-state index in [0.29, 0.717) is 12.4 Å². The molecule has 0 aliphatic carbocycles. The monoisotopic (exact) mass is 320 g/mol. The predicted octanol–water partition coefficient (Wildman–Crippen LogP) is 3.60. The molecule has 0 aromatic carbocycles. The first-order chi connectivity index (χ1) is 11.1. The van der Waals surface area contributed by atoms with Gasteiger partial charge in [-0.15, -0.1) is 0 Å². The van der Waals surface area contributed by atoms with Crippen LogP contribution in [0.2, 0.25) is 0 Å². The van der Waals surface area contributed by atoms with E-state index >= 15 is 0 Å². The third-order valence-electron chi connectivity index (χ3n) is 4.09. The molecule has 1 amide bonds. The fraction of sp³-hybridized carbons (Fsp3) is 0.667. The molecule has 5 heteroatoms. The quantitative estimate of drug-likeness (QED) is 0.654. The number of anilines is 2. The zero-order valence-corrected chi connectivity index (χ0v) is 15.1. The van der Waals surface area contributed by atoms with Crippen LogP contribution in [0.5, 0.6) is 0 Å². The van der Waals surface area contributed by atoms with Crippen molar-refractivity contribution in [1.82, 2.24) is 9.88 Å². The first-order valence-electron chi connectivity index (χ1n) is 8.75. The number of nitrogens with one attached hydrogen (secondary N) is 2. The molecule has 0 bridgehead atoms. The van der Waals surface area contributed by atoms with Crippen molar-refractivity contribution in [1.29, 1.82) is 0 Å². The highest BCUT2D eigenvalue weighted by atomic mass is 16.2. The standard InChI is InChI=1S/C18H32N4O/c1-5-11-22(12-7-8-15(3)6-2)14-18(23)21-17-13-16(19-4)9-10-20-17/h9-10,13,15H,5-8,11-12,14H2,1-4H3,(H2,19,20,21,23). The molecule has 0 saturated carbocycles. The van der Waals surface area contributed by atoms with Gasteiger partial charge in [-0.25, -0.2) is 4.98 Å². The molecule has 0 aliphatic rings. The van der Waals surface area contributed by atoms with E-state index in [1.165, 1.54) is 12.8 Å². The number of rotatable bonds is 11. The van der Waals surface area contributed by atoms with Gasteiger partial charge in [0.15, 0.2) is 0 Å². The Morgan fingerprint density at radius 1 is 1.35 bits per heavy atom. The van der Waals surface area contributed by atoms with Crippen LogP contribution in [0.1, 0.15) is 46.5 Å². The normalized spacial score (nSPS) is 12.2. The molecule has 1 aromatic rings. The SMILES string of the molecule is CCCN(CCCC(C)CC)CC(=O)Nc1cc(NC)ccn1. The van der Waals surface area contributed by atoms with E-state index in [1.807, 2.05) is 19.2 Å². The molecule has 1 aromatic heterocycles. The molecule has 0 saturated heterocycles. The van der Waals surface area contributed by atoms with Crippen molar-refractivity contribution in [2.45, 2.75) is 46.5 Å². The summed E-state index contributed by atoms with van der Waals surface area (Å²) in [5.41, 5.74) is 0.939. The maximum absolute atomic E-state index is 12.2. The number of aromatic nitrogens is 1. The van der Waals surface area contributed by atoms with Crippen molar-refractivity contribution in [3.8, 4) is 0 Å². The highest BCUT2D eigenvalue weighted by Crippen LogP contribution is 2.12. The summed E-state index contributed by atoms with van der Waals surface area (Å²) in [6.07, 6.45) is 6.35. The Labute approximate surface area is 140 Å². The molecule has 0 radical (unpaired) electrons. The molecule has 130 valence electrons. The van der Waals surface area contributed by atoms with E-state index in [9.17, 15) is 4.79 Å². The molecule has 5 nitrogen and oxygen atoms in total. The van der Waals surface area contributed by atoms with Gasteiger partial charge in [0, 0.05) is 25.0 Å². The van der Waals surface area contributed by atoms with E-state index in [1.54, 1.807) is 6.20 Å². The van der Waals surface area contributed by atoms with Gasteiger partial charge in [-0.2, -0.15) is 0 Å². The summed E-state index contributed by atoms with van der Waals surface area (Å²) in [5.74, 6) is 1.36. The minimum atomic E-state index is 0.00254. The van der Waals surface area contributed by atoms with Gasteiger partial charge >= 0.3 is 0 Å². The summed E-state index contributed by atoms with van der Waals surface area (Å²) < 4.78 is 0. The highest BCUT2D eigenvalue weighted by Gasteiger charge is 2.11. The van der Waals surface area contributed by atoms with Crippen LogP contribution in [0.25, 0.3) is 0 Å². The van der Waals surface area contributed by atoms with Crippen LogP contribution in [-0.2, 0) is 4.79 Å². The minimum absolute atomic E-state index is 0.00254. The average Bonchev–Trinajstić information content (AvgIpc) is 2.54. The van der Waals surface area contributed by atoms with Crippen molar-refractivity contribution >= 4 is 17.4 Å². The van der Waals surface area contributed by atoms with Gasteiger partial charge in [0.05, 0.1) is 6.54 Å². The van der Waals surface area contributed by atoms with E-state index in [2.05, 4.69) is 41.3 Å². The Bertz CT molecular complexity index is 464. The van der Waals surface area contributed by atoms with E-state index in [-0.39, 0.29) is 5.91 Å². The van der Waals surface area contributed by atoms with E-state index in [4.69, 9.17) is 0 Å². The van der Waals surface area contributed by atoms with Gasteiger partial charge in [0.1, 0.15) is 5.82 Å². The Balaban J connectivity index is 2.46. The van der Waals surface area contributed by atoms with Crippen molar-refractivity contribution in [3.63, 3.8) is 0 Å². The number of pyridine rings is 1. The van der Waals surface area contributed by atoms with Gasteiger partial charge in [-0.05, 0) is 44.3 Å². The Kier molecular flexibility index (Phi) is 9.29. The minimum Gasteiger partial charge on any atom is -0.388 e. The summed E-state index contributed by atoms with van der Waals surface area (Å²) >= 11 is 0. The lowest BCUT2D eigenvalue weighted by Crippen LogP contribution is -2.34. The molecule has 1 rings (SSSR count). The fourth-order valence-corrected chi connectivity index (χ4v) is 2.49. The summed E-state index contributed by atoms with van der Waals surface area (Å²) in [6, 6.07) is 3.71. The molecule has 0 aliphatic heterocycles. The molecular formula is C18H32N4O. The summed E-state index contributed by atoms with van der Waals surface area (Å²) in [6.45, 7) is 9.04. The average molecular weight is 320 g/mol. The predicted molar refractivity (Wildman–Crippen MR) is 97.8 cm³/mol. The van der Waals surface area contributed by atoms with Gasteiger partial charge < -0.3 is 10.6 Å². The topological polar surface area (TPSA) is 57.3 Å². The van der Waals surface area contributed by atoms with Crippen molar-refractivity contribution < 1.29 is 4.79 Å². The lowest BCUT2D eigenvalue weighted by molar-refractivity contribution is -0.117. The van der Waals surface area contributed by atoms with Gasteiger partial charge in [0.25, 0.3) is 0 Å². The van der Waals surface area contributed by atoms with Crippen LogP contribution in [0.15, 0.2) is 18.3 Å². The molecule has 0 fully saturated rings. The van der Waals surface area contributed by atoms with Crippen LogP contribution in [0.3, 0.4) is 0 Å². The van der Waals surface area contributed by atoms with Crippen molar-refractivity contribution in [2.24, 2.45) is 5.92 Å². The lowest BCUT2D eigenvalue weighted by atomic mass is 10.0. The number of nitrogens with zero attached hydrogens (tertiary/aromatic N) is 2. The van der Waals surface area contributed by atoms with Crippen LogP contribution in [0.4, 0.5) is 11.5 Å². The zero-order valence-electron chi connectivity index (χ0n) is 15.1. The summed E-state index contributed by atoms with van der Waals surface area (Å²) in [5, 5.41) is 5.93. The van der Waals surface area contributed by atoms with Gasteiger partial charge in [-0.3, -0.25) is 9.69 Å². The largest absolute Gasteiger partial charge is 0.388 e. The third-order valence-corrected chi connectivity index (χ3v) is 4.09. The second-order valence-electron chi connectivity index (χ2n) is 6.16. The Morgan fingerprint density at radius 3 is 2.78 bits per heavy atom. The van der Waals surface area contributed by atoms with Crippen LogP contribution in [0, 0.1) is 5.92 Å². The number of carbonyl (C=O) groups excluding carboxylic acids is 1. The summed E-state index contributed by atoms with van der Waals surface area (Å²) in [4.78, 5) is 18.7. The fourth-order valence-electron chi connectivity index (χ4n) is 2.49. The molecule has 1 atom stereocenters. The molecule has 1 unspecified atom stereocenters. The van der Waals surface area contributed by atoms with E-state index in [0.717, 1.165) is 37.5 Å². The third kappa shape index (κ3) is 7.98. The molecule has 2 N–H and O–H groups in total. The molecule has 23 heavy (non-hydrogen) atoms. The maximum atomic E-state index is 12.2. The van der Waals surface area contributed by atoms with Gasteiger partial charge in [-0.1, -0.05) is 27.2 Å². The highest BCUT2D eigenvalue weighted by molar-refractivity contribution is 5.91. The second kappa shape index (κ2) is 11.0. The first kappa shape index (κ1) is 19.4. The van der Waals surface area contributed by atoms with E-state index < -0.39 is 0 Å². The van der Waals surface area contributed by atoms with Crippen LogP contribution >= 0.6 is 0 Å². The van der Waals surface area contributed by atoms with Crippen LogP contribution in [-0.4, -0.2) is 42.5 Å². The second-order valence-corrected chi connectivity index (χ2v) is 6.16. The van der Waals surface area contributed by atoms with Gasteiger partial charge in [0.2, 0.25) is 5.91 Å². The van der Waals surface area contributed by atoms with Crippen LogP contribution < -0.4 is 10.6 Å². The number of hydrogen-bond donors (Lipinski definition) is 2. The number of carbonyl (C=O) groups is 1. The maximum Gasteiger partial charge on any atom is 0.239 e. The number of hydrogen-bond acceptors (Lipinski definition) is 4. The molecular weight excluding hydrogens is 288 g/mol. The zero-order chi connectivity index (χ0) is 17.1. The van der Waals surface area contributed by atoms with Crippen molar-refractivity contribution in [2.75, 3.05) is 37.3 Å². The smallest absolute Gasteiger partial charge is 0.239 e. The Hall–Kier alpha value is -1.62. The molecule has 0 spiro atoms. The Morgan fingerprint density at radius 2 is 2.13 bits per heavy atom. The number of amides is 1. The lowest BCUT2D eigenvalue weighted by Gasteiger charge is -2.21.